The summed E-state index contributed by atoms with van der Waals surface area (Å²) in [5, 5.41) is 8.98. The maximum absolute atomic E-state index is 12.4. The number of para-hydroxylation sites is 2. The van der Waals surface area contributed by atoms with Gasteiger partial charge in [0.05, 0.1) is 16.4 Å². The minimum absolute atomic E-state index is 0.0597. The zero-order chi connectivity index (χ0) is 19.3. The zero-order valence-corrected chi connectivity index (χ0v) is 15.8. The van der Waals surface area contributed by atoms with Crippen LogP contribution in [0.2, 0.25) is 0 Å². The van der Waals surface area contributed by atoms with Crippen molar-refractivity contribution < 1.29 is 14.3 Å². The van der Waals surface area contributed by atoms with Crippen LogP contribution < -0.4 is 20.7 Å². The molecule has 2 aromatic carbocycles. The van der Waals surface area contributed by atoms with Crippen molar-refractivity contribution in [3.05, 3.63) is 77.2 Å². The monoisotopic (exact) mass is 393 g/mol. The summed E-state index contributed by atoms with van der Waals surface area (Å²) in [7, 11) is 0. The first-order valence-electron chi connectivity index (χ1n) is 8.93. The Kier molecular flexibility index (Phi) is 5.25. The number of carbonyl (C=O) groups is 2. The molecule has 0 saturated carbocycles. The van der Waals surface area contributed by atoms with Crippen LogP contribution in [0.15, 0.2) is 66.7 Å². The standard InChI is InChI=1S/C21H19N3O3S/c25-20(22-13-16-12-14-6-4-5-9-17(14)27-16)18-10-11-19(28-18)24-21(26)23-15-7-2-1-3-8-15/h1-11,16H,12-13H2,(H,22,25)(H2,23,24,26). The van der Waals surface area contributed by atoms with Crippen molar-refractivity contribution in [1.29, 1.82) is 0 Å². The molecule has 3 N–H and O–H groups in total. The van der Waals surface area contributed by atoms with Gasteiger partial charge in [-0.15, -0.1) is 11.3 Å². The molecule has 1 aromatic heterocycles. The molecule has 1 aliphatic heterocycles. The Hall–Kier alpha value is -3.32. The summed E-state index contributed by atoms with van der Waals surface area (Å²) in [5.74, 6) is 0.704. The van der Waals surface area contributed by atoms with Crippen LogP contribution in [0.25, 0.3) is 0 Å². The fourth-order valence-corrected chi connectivity index (χ4v) is 3.80. The number of fused-ring (bicyclic) bond motifs is 1. The van der Waals surface area contributed by atoms with E-state index in [1.165, 1.54) is 11.3 Å². The van der Waals surface area contributed by atoms with Gasteiger partial charge in [0, 0.05) is 12.1 Å². The van der Waals surface area contributed by atoms with Crippen molar-refractivity contribution in [2.75, 3.05) is 17.2 Å². The predicted molar refractivity (Wildman–Crippen MR) is 110 cm³/mol. The van der Waals surface area contributed by atoms with Crippen LogP contribution >= 0.6 is 11.3 Å². The molecular formula is C21H19N3O3S. The molecule has 1 unspecified atom stereocenters. The van der Waals surface area contributed by atoms with E-state index in [9.17, 15) is 9.59 Å². The first-order chi connectivity index (χ1) is 13.7. The Morgan fingerprint density at radius 3 is 2.57 bits per heavy atom. The first-order valence-corrected chi connectivity index (χ1v) is 9.75. The van der Waals surface area contributed by atoms with Gasteiger partial charge in [0.15, 0.2) is 0 Å². The Morgan fingerprint density at radius 2 is 1.75 bits per heavy atom. The number of carbonyl (C=O) groups excluding carboxylic acids is 2. The van der Waals surface area contributed by atoms with Crippen LogP contribution in [0.5, 0.6) is 5.75 Å². The molecule has 3 amide bonds. The zero-order valence-electron chi connectivity index (χ0n) is 15.0. The Bertz CT molecular complexity index is 962. The minimum atomic E-state index is -0.350. The fourth-order valence-electron chi connectivity index (χ4n) is 2.98. The summed E-state index contributed by atoms with van der Waals surface area (Å²) < 4.78 is 5.83. The summed E-state index contributed by atoms with van der Waals surface area (Å²) in [6, 6.07) is 20.1. The van der Waals surface area contributed by atoms with Crippen molar-refractivity contribution in [2.24, 2.45) is 0 Å². The largest absolute Gasteiger partial charge is 0.488 e. The van der Waals surface area contributed by atoms with Gasteiger partial charge in [0.25, 0.3) is 5.91 Å². The molecule has 6 nitrogen and oxygen atoms in total. The van der Waals surface area contributed by atoms with Crippen LogP contribution in [0, 0.1) is 0 Å². The lowest BCUT2D eigenvalue weighted by Gasteiger charge is -2.11. The van der Waals surface area contributed by atoms with Gasteiger partial charge in [-0.25, -0.2) is 4.79 Å². The third kappa shape index (κ3) is 4.32. The molecule has 3 aromatic rings. The topological polar surface area (TPSA) is 79.5 Å². The molecule has 2 heterocycles. The molecule has 1 aliphatic rings. The number of thiophene rings is 1. The number of nitrogens with one attached hydrogen (secondary N) is 3. The second-order valence-corrected chi connectivity index (χ2v) is 7.45. The average molecular weight is 393 g/mol. The number of ether oxygens (including phenoxy) is 1. The number of benzene rings is 2. The van der Waals surface area contributed by atoms with E-state index in [0.717, 1.165) is 17.7 Å². The van der Waals surface area contributed by atoms with Gasteiger partial charge in [-0.3, -0.25) is 10.1 Å². The molecule has 0 aliphatic carbocycles. The quantitative estimate of drug-likeness (QED) is 0.610. The molecule has 1 atom stereocenters. The summed E-state index contributed by atoms with van der Waals surface area (Å²) in [4.78, 5) is 24.9. The molecule has 7 heteroatoms. The number of rotatable bonds is 5. The van der Waals surface area contributed by atoms with Gasteiger partial charge < -0.3 is 15.4 Å². The molecule has 0 saturated heterocycles. The Balaban J connectivity index is 1.27. The van der Waals surface area contributed by atoms with E-state index in [4.69, 9.17) is 4.74 Å². The third-order valence-corrected chi connectivity index (χ3v) is 5.30. The highest BCUT2D eigenvalue weighted by Crippen LogP contribution is 2.28. The predicted octanol–water partition coefficient (Wildman–Crippen LogP) is 4.13. The van der Waals surface area contributed by atoms with Crippen molar-refractivity contribution >= 4 is 34.0 Å². The first kappa shape index (κ1) is 18.1. The Labute approximate surface area is 166 Å². The Morgan fingerprint density at radius 1 is 0.964 bits per heavy atom. The van der Waals surface area contributed by atoms with E-state index >= 15 is 0 Å². The fraction of sp³-hybridized carbons (Fsp3) is 0.143. The normalized spacial score (nSPS) is 14.6. The molecule has 142 valence electrons. The summed E-state index contributed by atoms with van der Waals surface area (Å²) in [5.41, 5.74) is 1.86. The van der Waals surface area contributed by atoms with Crippen molar-refractivity contribution in [3.63, 3.8) is 0 Å². The number of anilines is 2. The SMILES string of the molecule is O=C(Nc1ccccc1)Nc1ccc(C(=O)NCC2Cc3ccccc3O2)s1. The van der Waals surface area contributed by atoms with Gasteiger partial charge in [0.1, 0.15) is 11.9 Å². The lowest BCUT2D eigenvalue weighted by Crippen LogP contribution is -2.34. The number of amides is 3. The van der Waals surface area contributed by atoms with Crippen LogP contribution in [0.1, 0.15) is 15.2 Å². The van der Waals surface area contributed by atoms with Crippen molar-refractivity contribution in [3.8, 4) is 5.75 Å². The van der Waals surface area contributed by atoms with Crippen molar-refractivity contribution in [2.45, 2.75) is 12.5 Å². The third-order valence-electron chi connectivity index (χ3n) is 4.30. The van der Waals surface area contributed by atoms with Crippen LogP contribution in [0.4, 0.5) is 15.5 Å². The maximum atomic E-state index is 12.4. The lowest BCUT2D eigenvalue weighted by molar-refractivity contribution is 0.0937. The number of hydrogen-bond acceptors (Lipinski definition) is 4. The van der Waals surface area contributed by atoms with E-state index in [1.54, 1.807) is 24.3 Å². The van der Waals surface area contributed by atoms with Crippen LogP contribution in [-0.4, -0.2) is 24.6 Å². The summed E-state index contributed by atoms with van der Waals surface area (Å²) in [6.07, 6.45) is 0.725. The summed E-state index contributed by atoms with van der Waals surface area (Å²) in [6.45, 7) is 0.433. The molecule has 4 rings (SSSR count). The van der Waals surface area contributed by atoms with Crippen molar-refractivity contribution in [1.82, 2.24) is 5.32 Å². The van der Waals surface area contributed by atoms with Gasteiger partial charge in [0.2, 0.25) is 0 Å². The van der Waals surface area contributed by atoms with Gasteiger partial charge in [-0.1, -0.05) is 36.4 Å². The van der Waals surface area contributed by atoms with Gasteiger partial charge in [-0.2, -0.15) is 0 Å². The highest BCUT2D eigenvalue weighted by atomic mass is 32.1. The van der Waals surface area contributed by atoms with Gasteiger partial charge >= 0.3 is 6.03 Å². The number of urea groups is 1. The van der Waals surface area contributed by atoms with Gasteiger partial charge in [-0.05, 0) is 35.9 Å². The highest BCUT2D eigenvalue weighted by molar-refractivity contribution is 7.18. The van der Waals surface area contributed by atoms with E-state index in [-0.39, 0.29) is 18.0 Å². The highest BCUT2D eigenvalue weighted by Gasteiger charge is 2.23. The summed E-state index contributed by atoms with van der Waals surface area (Å²) >= 11 is 1.22. The second kappa shape index (κ2) is 8.14. The minimum Gasteiger partial charge on any atom is -0.488 e. The van der Waals surface area contributed by atoms with E-state index in [0.29, 0.717) is 22.1 Å². The second-order valence-electron chi connectivity index (χ2n) is 6.37. The molecule has 0 bridgehead atoms. The average Bonchev–Trinajstić information content (AvgIpc) is 3.33. The van der Waals surface area contributed by atoms with E-state index in [2.05, 4.69) is 16.0 Å². The van der Waals surface area contributed by atoms with Crippen LogP contribution in [0.3, 0.4) is 0 Å². The smallest absolute Gasteiger partial charge is 0.324 e. The van der Waals surface area contributed by atoms with Crippen LogP contribution in [-0.2, 0) is 6.42 Å². The molecule has 0 fully saturated rings. The molecule has 0 radical (unpaired) electrons. The molecule has 0 spiro atoms. The van der Waals surface area contributed by atoms with E-state index in [1.807, 2.05) is 42.5 Å². The maximum Gasteiger partial charge on any atom is 0.324 e. The number of hydrogen-bond donors (Lipinski definition) is 3. The lowest BCUT2D eigenvalue weighted by atomic mass is 10.1. The van der Waals surface area contributed by atoms with E-state index < -0.39 is 0 Å². The molecular weight excluding hydrogens is 374 g/mol. The molecule has 28 heavy (non-hydrogen) atoms.